The number of aromatic nitrogens is 3. The molecule has 2 heterocycles. The lowest BCUT2D eigenvalue weighted by Crippen LogP contribution is -2.14. The zero-order chi connectivity index (χ0) is 20.1. The standard InChI is InChI=1S/C20H15ClN4O2S2/c21-14-6-8-16(9-7-14)27-11-18-22-15(12-28-18)10-17(26)23-20-25-24-19(29-20)13-4-2-1-3-5-13/h1-9,12H,10-11H2,(H,23,25,26). The lowest BCUT2D eigenvalue weighted by molar-refractivity contribution is -0.115. The first-order valence-corrected chi connectivity index (χ1v) is 10.7. The van der Waals surface area contributed by atoms with Crippen molar-refractivity contribution in [1.29, 1.82) is 0 Å². The van der Waals surface area contributed by atoms with Crippen LogP contribution in [0.25, 0.3) is 10.6 Å². The Morgan fingerprint density at radius 2 is 1.86 bits per heavy atom. The second-order valence-electron chi connectivity index (χ2n) is 5.98. The summed E-state index contributed by atoms with van der Waals surface area (Å²) in [5, 5.41) is 15.5. The van der Waals surface area contributed by atoms with Crippen LogP contribution < -0.4 is 10.1 Å². The van der Waals surface area contributed by atoms with Gasteiger partial charge >= 0.3 is 0 Å². The fourth-order valence-electron chi connectivity index (χ4n) is 2.47. The van der Waals surface area contributed by atoms with Gasteiger partial charge in [0.1, 0.15) is 22.4 Å². The van der Waals surface area contributed by atoms with Gasteiger partial charge in [-0.15, -0.1) is 21.5 Å². The minimum Gasteiger partial charge on any atom is -0.486 e. The lowest BCUT2D eigenvalue weighted by atomic mass is 10.2. The second kappa shape index (κ2) is 9.13. The molecule has 146 valence electrons. The van der Waals surface area contributed by atoms with Crippen molar-refractivity contribution < 1.29 is 9.53 Å². The molecule has 0 fully saturated rings. The van der Waals surface area contributed by atoms with Crippen LogP contribution in [0, 0.1) is 0 Å². The van der Waals surface area contributed by atoms with Crippen LogP contribution in [-0.4, -0.2) is 21.1 Å². The Balaban J connectivity index is 1.30. The van der Waals surface area contributed by atoms with Gasteiger partial charge in [-0.2, -0.15) is 0 Å². The number of thiazole rings is 1. The quantitative estimate of drug-likeness (QED) is 0.432. The van der Waals surface area contributed by atoms with Crippen molar-refractivity contribution in [1.82, 2.24) is 15.2 Å². The molecule has 0 saturated carbocycles. The molecule has 1 N–H and O–H groups in total. The van der Waals surface area contributed by atoms with E-state index in [-0.39, 0.29) is 12.3 Å². The molecule has 29 heavy (non-hydrogen) atoms. The molecule has 9 heteroatoms. The van der Waals surface area contributed by atoms with E-state index in [2.05, 4.69) is 20.5 Å². The third-order valence-electron chi connectivity index (χ3n) is 3.81. The molecule has 6 nitrogen and oxygen atoms in total. The summed E-state index contributed by atoms with van der Waals surface area (Å²) < 4.78 is 5.68. The maximum absolute atomic E-state index is 12.3. The van der Waals surface area contributed by atoms with Crippen molar-refractivity contribution in [3.8, 4) is 16.3 Å². The number of carbonyl (C=O) groups is 1. The first-order chi connectivity index (χ1) is 14.2. The number of amides is 1. The number of ether oxygens (including phenoxy) is 1. The monoisotopic (exact) mass is 442 g/mol. The van der Waals surface area contributed by atoms with Gasteiger partial charge in [-0.05, 0) is 24.3 Å². The number of nitrogens with zero attached hydrogens (tertiary/aromatic N) is 3. The van der Waals surface area contributed by atoms with Crippen LogP contribution in [0.5, 0.6) is 5.75 Å². The molecule has 0 bridgehead atoms. The Morgan fingerprint density at radius 3 is 2.66 bits per heavy atom. The van der Waals surface area contributed by atoms with Gasteiger partial charge in [-0.3, -0.25) is 4.79 Å². The molecule has 0 radical (unpaired) electrons. The summed E-state index contributed by atoms with van der Waals surface area (Å²) in [6.45, 7) is 0.338. The topological polar surface area (TPSA) is 77.0 Å². The summed E-state index contributed by atoms with van der Waals surface area (Å²) >= 11 is 8.65. The van der Waals surface area contributed by atoms with E-state index in [0.29, 0.717) is 22.5 Å². The average molecular weight is 443 g/mol. The van der Waals surface area contributed by atoms with Crippen LogP contribution in [0.2, 0.25) is 5.02 Å². The highest BCUT2D eigenvalue weighted by molar-refractivity contribution is 7.18. The third kappa shape index (κ3) is 5.38. The number of halogens is 1. The zero-order valence-corrected chi connectivity index (χ0v) is 17.4. The van der Waals surface area contributed by atoms with Crippen LogP contribution in [0.1, 0.15) is 10.7 Å². The fraction of sp³-hybridized carbons (Fsp3) is 0.100. The SMILES string of the molecule is O=C(Cc1csc(COc2ccc(Cl)cc2)n1)Nc1nnc(-c2ccccc2)s1. The number of anilines is 1. The highest BCUT2D eigenvalue weighted by Gasteiger charge is 2.12. The van der Waals surface area contributed by atoms with E-state index in [1.807, 2.05) is 35.7 Å². The third-order valence-corrected chi connectivity index (χ3v) is 5.82. The van der Waals surface area contributed by atoms with Gasteiger partial charge in [0.2, 0.25) is 11.0 Å². The molecule has 0 saturated heterocycles. The van der Waals surface area contributed by atoms with Gasteiger partial charge in [0.05, 0.1) is 12.1 Å². The Morgan fingerprint density at radius 1 is 1.07 bits per heavy atom. The number of rotatable bonds is 7. The van der Waals surface area contributed by atoms with Gasteiger partial charge in [0.15, 0.2) is 0 Å². The minimum absolute atomic E-state index is 0.164. The molecule has 0 aliphatic rings. The van der Waals surface area contributed by atoms with Crippen LogP contribution in [0.15, 0.2) is 60.0 Å². The molecule has 4 aromatic rings. The van der Waals surface area contributed by atoms with Gasteiger partial charge in [0.25, 0.3) is 0 Å². The molecule has 0 aliphatic carbocycles. The average Bonchev–Trinajstić information content (AvgIpc) is 3.38. The van der Waals surface area contributed by atoms with Gasteiger partial charge in [0, 0.05) is 16.0 Å². The first kappa shape index (κ1) is 19.5. The molecule has 2 aromatic carbocycles. The number of hydrogen-bond acceptors (Lipinski definition) is 7. The fourth-order valence-corrected chi connectivity index (χ4v) is 4.07. The zero-order valence-electron chi connectivity index (χ0n) is 15.0. The van der Waals surface area contributed by atoms with Crippen molar-refractivity contribution in [3.05, 3.63) is 75.7 Å². The number of benzene rings is 2. The largest absolute Gasteiger partial charge is 0.486 e. The van der Waals surface area contributed by atoms with Crippen LogP contribution in [-0.2, 0) is 17.8 Å². The number of nitrogens with one attached hydrogen (secondary N) is 1. The van der Waals surface area contributed by atoms with Crippen molar-refractivity contribution in [2.24, 2.45) is 0 Å². The molecule has 0 spiro atoms. The summed E-state index contributed by atoms with van der Waals surface area (Å²) in [5.41, 5.74) is 1.66. The summed E-state index contributed by atoms with van der Waals surface area (Å²) in [7, 11) is 0. The Bertz CT molecular complexity index is 1100. The van der Waals surface area contributed by atoms with Gasteiger partial charge < -0.3 is 10.1 Å². The molecule has 1 amide bonds. The van der Waals surface area contributed by atoms with E-state index in [1.54, 1.807) is 24.3 Å². The molecular formula is C20H15ClN4O2S2. The summed E-state index contributed by atoms with van der Waals surface area (Å²) in [5.74, 6) is 0.533. The smallest absolute Gasteiger partial charge is 0.232 e. The predicted octanol–water partition coefficient (Wildman–Crippen LogP) is 5.08. The summed E-state index contributed by atoms with van der Waals surface area (Å²) in [6.07, 6.45) is 0.164. The Labute approximate surface area is 180 Å². The molecular weight excluding hydrogens is 428 g/mol. The van der Waals surface area contributed by atoms with E-state index in [1.165, 1.54) is 22.7 Å². The molecule has 0 aliphatic heterocycles. The maximum Gasteiger partial charge on any atom is 0.232 e. The predicted molar refractivity (Wildman–Crippen MR) is 116 cm³/mol. The summed E-state index contributed by atoms with van der Waals surface area (Å²) in [4.78, 5) is 16.7. The highest BCUT2D eigenvalue weighted by atomic mass is 35.5. The van der Waals surface area contributed by atoms with E-state index in [9.17, 15) is 4.79 Å². The first-order valence-electron chi connectivity index (χ1n) is 8.66. The van der Waals surface area contributed by atoms with E-state index in [4.69, 9.17) is 16.3 Å². The maximum atomic E-state index is 12.3. The molecule has 4 rings (SSSR count). The van der Waals surface area contributed by atoms with Gasteiger partial charge in [-0.25, -0.2) is 4.98 Å². The van der Waals surface area contributed by atoms with Gasteiger partial charge in [-0.1, -0.05) is 53.3 Å². The molecule has 0 atom stereocenters. The Kier molecular flexibility index (Phi) is 6.14. The normalized spacial score (nSPS) is 10.7. The van der Waals surface area contributed by atoms with Crippen LogP contribution >= 0.6 is 34.3 Å². The van der Waals surface area contributed by atoms with Crippen molar-refractivity contribution in [2.45, 2.75) is 13.0 Å². The van der Waals surface area contributed by atoms with Crippen LogP contribution in [0.4, 0.5) is 5.13 Å². The number of carbonyl (C=O) groups excluding carboxylic acids is 1. The van der Waals surface area contributed by atoms with Crippen molar-refractivity contribution in [3.63, 3.8) is 0 Å². The molecule has 2 aromatic heterocycles. The van der Waals surface area contributed by atoms with Crippen molar-refractivity contribution >= 4 is 45.3 Å². The second-order valence-corrected chi connectivity index (χ2v) is 8.34. The summed E-state index contributed by atoms with van der Waals surface area (Å²) in [6, 6.07) is 16.9. The van der Waals surface area contributed by atoms with E-state index < -0.39 is 0 Å². The Hall–Kier alpha value is -2.81. The van der Waals surface area contributed by atoms with Crippen molar-refractivity contribution in [2.75, 3.05) is 5.32 Å². The van der Waals surface area contributed by atoms with Crippen LogP contribution in [0.3, 0.4) is 0 Å². The lowest BCUT2D eigenvalue weighted by Gasteiger charge is -2.03. The highest BCUT2D eigenvalue weighted by Crippen LogP contribution is 2.26. The van der Waals surface area contributed by atoms with E-state index in [0.717, 1.165) is 21.3 Å². The number of hydrogen-bond donors (Lipinski definition) is 1. The molecule has 0 unspecified atom stereocenters. The van der Waals surface area contributed by atoms with E-state index >= 15 is 0 Å². The minimum atomic E-state index is -0.184.